The molecule has 0 atom stereocenters. The number of benzene rings is 1. The van der Waals surface area contributed by atoms with Gasteiger partial charge in [0, 0.05) is 12.7 Å². The first-order valence-electron chi connectivity index (χ1n) is 6.93. The van der Waals surface area contributed by atoms with Crippen molar-refractivity contribution in [2.24, 2.45) is 7.05 Å². The van der Waals surface area contributed by atoms with Crippen LogP contribution in [0.25, 0.3) is 0 Å². The maximum absolute atomic E-state index is 12.4. The van der Waals surface area contributed by atoms with Crippen LogP contribution in [0.4, 0.5) is 18.9 Å². The van der Waals surface area contributed by atoms with E-state index in [4.69, 9.17) is 0 Å². The molecule has 1 aromatic heterocycles. The van der Waals surface area contributed by atoms with E-state index in [0.29, 0.717) is 11.4 Å². The molecule has 0 unspecified atom stereocenters. The molecule has 9 heteroatoms. The third kappa shape index (κ3) is 4.34. The Morgan fingerprint density at radius 1 is 1.21 bits per heavy atom. The van der Waals surface area contributed by atoms with Crippen molar-refractivity contribution in [3.05, 3.63) is 47.3 Å². The predicted molar refractivity (Wildman–Crippen MR) is 80.4 cm³/mol. The zero-order valence-electron chi connectivity index (χ0n) is 12.9. The second kappa shape index (κ2) is 6.73. The summed E-state index contributed by atoms with van der Waals surface area (Å²) in [4.78, 5) is 23.7. The molecule has 0 aliphatic rings. The number of nitrogens with zero attached hydrogens (tertiary/aromatic N) is 2. The molecule has 0 spiro atoms. The summed E-state index contributed by atoms with van der Waals surface area (Å²) in [6.45, 7) is 1.41. The maximum atomic E-state index is 12.4. The molecule has 1 aromatic carbocycles. The van der Waals surface area contributed by atoms with Crippen LogP contribution in [0.1, 0.15) is 21.7 Å². The van der Waals surface area contributed by atoms with E-state index in [1.165, 1.54) is 4.68 Å². The second-order valence-electron chi connectivity index (χ2n) is 5.10. The molecule has 0 saturated carbocycles. The van der Waals surface area contributed by atoms with Crippen molar-refractivity contribution in [2.75, 3.05) is 11.9 Å². The zero-order valence-corrected chi connectivity index (χ0v) is 12.9. The van der Waals surface area contributed by atoms with Crippen LogP contribution in [0.2, 0.25) is 0 Å². The number of aryl methyl sites for hydroxylation is 2. The molecule has 2 rings (SSSR count). The minimum atomic E-state index is -4.43. The molecule has 2 aromatic rings. The summed E-state index contributed by atoms with van der Waals surface area (Å²) < 4.78 is 38.7. The van der Waals surface area contributed by atoms with E-state index < -0.39 is 23.6 Å². The third-order valence-corrected chi connectivity index (χ3v) is 3.14. The molecular formula is C15H15F3N4O2. The predicted octanol–water partition coefficient (Wildman–Crippen LogP) is 2.12. The molecule has 2 N–H and O–H groups in total. The number of amides is 2. The van der Waals surface area contributed by atoms with E-state index in [1.807, 2.05) is 0 Å². The lowest BCUT2D eigenvalue weighted by Crippen LogP contribution is -2.33. The molecular weight excluding hydrogens is 325 g/mol. The first-order chi connectivity index (χ1) is 11.2. The van der Waals surface area contributed by atoms with Crippen LogP contribution < -0.4 is 10.6 Å². The fourth-order valence-electron chi connectivity index (χ4n) is 2.02. The molecule has 24 heavy (non-hydrogen) atoms. The lowest BCUT2D eigenvalue weighted by molar-refractivity contribution is -0.137. The number of halogens is 3. The molecule has 0 fully saturated rings. The smallest absolute Gasteiger partial charge is 0.342 e. The Labute approximate surface area is 135 Å². The number of hydrogen-bond acceptors (Lipinski definition) is 3. The minimum absolute atomic E-state index is 0.207. The van der Waals surface area contributed by atoms with E-state index in [1.54, 1.807) is 20.0 Å². The first kappa shape index (κ1) is 17.5. The highest BCUT2D eigenvalue weighted by Crippen LogP contribution is 2.29. The number of alkyl halides is 3. The fourth-order valence-corrected chi connectivity index (χ4v) is 2.02. The normalized spacial score (nSPS) is 11.2. The van der Waals surface area contributed by atoms with Crippen molar-refractivity contribution in [1.82, 2.24) is 15.1 Å². The van der Waals surface area contributed by atoms with Crippen LogP contribution in [0, 0.1) is 6.92 Å². The van der Waals surface area contributed by atoms with E-state index in [-0.39, 0.29) is 12.2 Å². The number of rotatable bonds is 4. The summed E-state index contributed by atoms with van der Waals surface area (Å²) in [6, 6.07) is 5.60. The van der Waals surface area contributed by atoms with Gasteiger partial charge >= 0.3 is 6.18 Å². The number of aromatic nitrogens is 2. The Hall–Kier alpha value is -2.84. The summed E-state index contributed by atoms with van der Waals surface area (Å²) in [5.41, 5.74) is 0.366. The van der Waals surface area contributed by atoms with Gasteiger partial charge in [0.25, 0.3) is 5.91 Å². The van der Waals surface area contributed by atoms with Crippen molar-refractivity contribution in [2.45, 2.75) is 13.1 Å². The van der Waals surface area contributed by atoms with Crippen LogP contribution in [0.5, 0.6) is 0 Å². The van der Waals surface area contributed by atoms with E-state index in [9.17, 15) is 22.8 Å². The standard InChI is InChI=1S/C15H15F3N4O2/c1-9-7-12(22(2)21-9)14(24)19-8-13(23)20-11-5-3-10(4-6-11)15(16,17)18/h3-7H,8H2,1-2H3,(H,19,24)(H,20,23). The number of hydrogen-bond donors (Lipinski definition) is 2. The van der Waals surface area contributed by atoms with Gasteiger partial charge in [-0.2, -0.15) is 18.3 Å². The number of nitrogens with one attached hydrogen (secondary N) is 2. The van der Waals surface area contributed by atoms with Gasteiger partial charge in [0.2, 0.25) is 5.91 Å². The van der Waals surface area contributed by atoms with E-state index in [2.05, 4.69) is 15.7 Å². The van der Waals surface area contributed by atoms with Gasteiger partial charge < -0.3 is 10.6 Å². The van der Waals surface area contributed by atoms with E-state index >= 15 is 0 Å². The number of carbonyl (C=O) groups is 2. The minimum Gasteiger partial charge on any atom is -0.342 e. The summed E-state index contributed by atoms with van der Waals surface area (Å²) in [5.74, 6) is -1.03. The molecule has 128 valence electrons. The Morgan fingerprint density at radius 2 is 1.83 bits per heavy atom. The van der Waals surface area contributed by atoms with Gasteiger partial charge in [-0.15, -0.1) is 0 Å². The van der Waals surface area contributed by atoms with Gasteiger partial charge in [-0.3, -0.25) is 14.3 Å². The van der Waals surface area contributed by atoms with Gasteiger partial charge in [0.15, 0.2) is 0 Å². The molecule has 0 saturated heterocycles. The average molecular weight is 340 g/mol. The van der Waals surface area contributed by atoms with Gasteiger partial charge in [-0.25, -0.2) is 0 Å². The van der Waals surface area contributed by atoms with Crippen LogP contribution in [-0.2, 0) is 18.0 Å². The zero-order chi connectivity index (χ0) is 17.9. The molecule has 0 radical (unpaired) electrons. The maximum Gasteiger partial charge on any atom is 0.416 e. The highest BCUT2D eigenvalue weighted by atomic mass is 19.4. The van der Waals surface area contributed by atoms with Crippen LogP contribution in [-0.4, -0.2) is 28.1 Å². The van der Waals surface area contributed by atoms with Crippen molar-refractivity contribution in [3.63, 3.8) is 0 Å². The average Bonchev–Trinajstić information content (AvgIpc) is 2.83. The Bertz CT molecular complexity index is 751. The Kier molecular flexibility index (Phi) is 4.91. The van der Waals surface area contributed by atoms with Crippen molar-refractivity contribution < 1.29 is 22.8 Å². The van der Waals surface area contributed by atoms with Crippen LogP contribution in [0.3, 0.4) is 0 Å². The Balaban J connectivity index is 1.89. The van der Waals surface area contributed by atoms with Crippen molar-refractivity contribution in [1.29, 1.82) is 0 Å². The fraction of sp³-hybridized carbons (Fsp3) is 0.267. The third-order valence-electron chi connectivity index (χ3n) is 3.14. The summed E-state index contributed by atoms with van der Waals surface area (Å²) in [6.07, 6.45) is -4.43. The topological polar surface area (TPSA) is 76.0 Å². The van der Waals surface area contributed by atoms with Crippen LogP contribution in [0.15, 0.2) is 30.3 Å². The number of carbonyl (C=O) groups excluding carboxylic acids is 2. The Morgan fingerprint density at radius 3 is 2.33 bits per heavy atom. The summed E-state index contributed by atoms with van der Waals surface area (Å²) in [7, 11) is 1.60. The monoisotopic (exact) mass is 340 g/mol. The highest BCUT2D eigenvalue weighted by molar-refractivity contribution is 5.98. The van der Waals surface area contributed by atoms with Gasteiger partial charge in [0.1, 0.15) is 5.69 Å². The van der Waals surface area contributed by atoms with Crippen molar-refractivity contribution >= 4 is 17.5 Å². The lowest BCUT2D eigenvalue weighted by atomic mass is 10.2. The first-order valence-corrected chi connectivity index (χ1v) is 6.93. The quantitative estimate of drug-likeness (QED) is 0.895. The van der Waals surface area contributed by atoms with Crippen molar-refractivity contribution in [3.8, 4) is 0 Å². The largest absolute Gasteiger partial charge is 0.416 e. The van der Waals surface area contributed by atoms with Crippen LogP contribution >= 0.6 is 0 Å². The molecule has 0 aliphatic carbocycles. The molecule has 1 heterocycles. The molecule has 0 aliphatic heterocycles. The van der Waals surface area contributed by atoms with Gasteiger partial charge in [-0.1, -0.05) is 0 Å². The van der Waals surface area contributed by atoms with E-state index in [0.717, 1.165) is 24.3 Å². The lowest BCUT2D eigenvalue weighted by Gasteiger charge is -2.09. The summed E-state index contributed by atoms with van der Waals surface area (Å²) in [5, 5.41) is 8.84. The highest BCUT2D eigenvalue weighted by Gasteiger charge is 2.29. The number of anilines is 1. The molecule has 0 bridgehead atoms. The molecule has 6 nitrogen and oxygen atoms in total. The molecule has 2 amide bonds. The van der Waals surface area contributed by atoms with Gasteiger partial charge in [0.05, 0.1) is 17.8 Å². The van der Waals surface area contributed by atoms with Gasteiger partial charge in [-0.05, 0) is 37.3 Å². The second-order valence-corrected chi connectivity index (χ2v) is 5.10. The summed E-state index contributed by atoms with van der Waals surface area (Å²) >= 11 is 0. The SMILES string of the molecule is Cc1cc(C(=O)NCC(=O)Nc2ccc(C(F)(F)F)cc2)n(C)n1.